The minimum atomic E-state index is -0.305. The lowest BCUT2D eigenvalue weighted by molar-refractivity contribution is -0.168. The first-order chi connectivity index (χ1) is 13.5. The quantitative estimate of drug-likeness (QED) is 0.383. The van der Waals surface area contributed by atoms with E-state index in [1.807, 2.05) is 0 Å². The zero-order chi connectivity index (χ0) is 18.9. The summed E-state index contributed by atoms with van der Waals surface area (Å²) in [7, 11) is 0. The summed E-state index contributed by atoms with van der Waals surface area (Å²) in [6.07, 6.45) is 15.8. The fourth-order valence-corrected chi connectivity index (χ4v) is 9.17. The summed E-state index contributed by atoms with van der Waals surface area (Å²) < 4.78 is 6.11. The van der Waals surface area contributed by atoms with Gasteiger partial charge in [0, 0.05) is 17.4 Å². The van der Waals surface area contributed by atoms with Crippen LogP contribution < -0.4 is 0 Å². The van der Waals surface area contributed by atoms with Gasteiger partial charge in [0.2, 0.25) is 0 Å². The number of hydrogen-bond donors (Lipinski definition) is 1. The van der Waals surface area contributed by atoms with Crippen molar-refractivity contribution >= 4 is 11.7 Å². The summed E-state index contributed by atoms with van der Waals surface area (Å²) in [5.74, 6) is 4.14. The highest BCUT2D eigenvalue weighted by molar-refractivity contribution is 5.96. The molecule has 0 aromatic carbocycles. The molecule has 1 N–H and O–H groups in total. The summed E-state index contributed by atoms with van der Waals surface area (Å²) in [4.78, 5) is 12.1. The van der Waals surface area contributed by atoms with Crippen LogP contribution in [0.15, 0.2) is 29.0 Å². The largest absolute Gasteiger partial charge is 0.451 e. The molecule has 7 aliphatic rings. The van der Waals surface area contributed by atoms with Crippen LogP contribution >= 0.6 is 0 Å². The van der Waals surface area contributed by atoms with E-state index in [0.29, 0.717) is 23.2 Å². The van der Waals surface area contributed by atoms with E-state index in [1.165, 1.54) is 38.5 Å². The maximum Gasteiger partial charge on any atom is 0.331 e. The fourth-order valence-electron chi connectivity index (χ4n) is 9.17. The Morgan fingerprint density at radius 3 is 2.75 bits per heavy atom. The number of hydrogen-bond acceptors (Lipinski definition) is 4. The molecule has 148 valence electrons. The molecule has 0 radical (unpaired) electrons. The standard InChI is InChI=1S/C24H29NO3/c1-22-6-4-14-15-3-2-13(25-27)10-18(15)23(8-9-23)12-17(14)21(22)16-11-19(16)24(22)7-5-20(26)28-24/h5,7,10,14-17,19,21,27H,2-4,6,8-9,11-12H2,1H3/b25-13+/t14?,15-,16?,17?,19?,21?,22+,24+/m1/s1. The molecule has 5 unspecified atom stereocenters. The van der Waals surface area contributed by atoms with Crippen molar-refractivity contribution in [2.24, 2.45) is 51.5 Å². The molecule has 0 bridgehead atoms. The highest BCUT2D eigenvalue weighted by Gasteiger charge is 2.78. The van der Waals surface area contributed by atoms with Gasteiger partial charge in [-0.1, -0.05) is 17.7 Å². The van der Waals surface area contributed by atoms with Crippen molar-refractivity contribution < 1.29 is 14.7 Å². The third-order valence-electron chi connectivity index (χ3n) is 10.4. The summed E-state index contributed by atoms with van der Waals surface area (Å²) in [6.45, 7) is 2.45. The second-order valence-corrected chi connectivity index (χ2v) is 11.2. The Kier molecular flexibility index (Phi) is 2.76. The number of rotatable bonds is 0. The van der Waals surface area contributed by atoms with Gasteiger partial charge in [0.05, 0.1) is 5.71 Å². The number of ether oxygens (including phenoxy) is 1. The van der Waals surface area contributed by atoms with Gasteiger partial charge in [-0.05, 0) is 98.5 Å². The van der Waals surface area contributed by atoms with E-state index < -0.39 is 0 Å². The van der Waals surface area contributed by atoms with Gasteiger partial charge in [-0.15, -0.1) is 0 Å². The lowest BCUT2D eigenvalue weighted by Gasteiger charge is -2.58. The maximum absolute atomic E-state index is 12.1. The van der Waals surface area contributed by atoms with E-state index in [1.54, 1.807) is 11.6 Å². The minimum absolute atomic E-state index is 0.119. The molecule has 0 aromatic heterocycles. The second kappa shape index (κ2) is 4.76. The molecule has 4 nitrogen and oxygen atoms in total. The molecule has 7 rings (SSSR count). The third-order valence-corrected chi connectivity index (χ3v) is 10.4. The highest BCUT2D eigenvalue weighted by Crippen LogP contribution is 2.79. The topological polar surface area (TPSA) is 58.9 Å². The number of oxime groups is 1. The average Bonchev–Trinajstić information content (AvgIpc) is 3.60. The molecule has 28 heavy (non-hydrogen) atoms. The van der Waals surface area contributed by atoms with Crippen molar-refractivity contribution in [1.82, 2.24) is 0 Å². The van der Waals surface area contributed by atoms with E-state index in [-0.39, 0.29) is 17.0 Å². The summed E-state index contributed by atoms with van der Waals surface area (Å²) in [6, 6.07) is 0. The van der Waals surface area contributed by atoms with Crippen LogP contribution in [0.3, 0.4) is 0 Å². The summed E-state index contributed by atoms with van der Waals surface area (Å²) in [5, 5.41) is 12.9. The monoisotopic (exact) mass is 379 g/mol. The highest BCUT2D eigenvalue weighted by atomic mass is 16.6. The first kappa shape index (κ1) is 16.2. The van der Waals surface area contributed by atoms with E-state index >= 15 is 0 Å². The Bertz CT molecular complexity index is 882. The van der Waals surface area contributed by atoms with Crippen molar-refractivity contribution in [3.05, 3.63) is 23.8 Å². The number of esters is 1. The zero-order valence-corrected chi connectivity index (χ0v) is 16.6. The zero-order valence-electron chi connectivity index (χ0n) is 16.6. The van der Waals surface area contributed by atoms with Crippen molar-refractivity contribution in [3.63, 3.8) is 0 Å². The Morgan fingerprint density at radius 2 is 2.04 bits per heavy atom. The molecule has 6 aliphatic carbocycles. The smallest absolute Gasteiger partial charge is 0.331 e. The fraction of sp³-hybridized carbons (Fsp3) is 0.750. The van der Waals surface area contributed by atoms with Gasteiger partial charge in [0.1, 0.15) is 5.60 Å². The Labute approximate surface area is 166 Å². The lowest BCUT2D eigenvalue weighted by atomic mass is 9.47. The van der Waals surface area contributed by atoms with Gasteiger partial charge >= 0.3 is 5.97 Å². The summed E-state index contributed by atoms with van der Waals surface area (Å²) >= 11 is 0. The van der Waals surface area contributed by atoms with Gasteiger partial charge < -0.3 is 9.94 Å². The summed E-state index contributed by atoms with van der Waals surface area (Å²) in [5.41, 5.74) is 2.72. The van der Waals surface area contributed by atoms with Crippen molar-refractivity contribution in [1.29, 1.82) is 0 Å². The molecular formula is C24H29NO3. The van der Waals surface area contributed by atoms with Crippen LogP contribution in [0.5, 0.6) is 0 Å². The molecule has 1 aliphatic heterocycles. The van der Waals surface area contributed by atoms with E-state index in [0.717, 1.165) is 36.3 Å². The van der Waals surface area contributed by atoms with Crippen LogP contribution in [-0.4, -0.2) is 22.5 Å². The van der Waals surface area contributed by atoms with Crippen LogP contribution in [0.25, 0.3) is 0 Å². The number of allylic oxidation sites excluding steroid dienone is 2. The maximum atomic E-state index is 12.1. The predicted molar refractivity (Wildman–Crippen MR) is 104 cm³/mol. The predicted octanol–water partition coefficient (Wildman–Crippen LogP) is 4.49. The second-order valence-electron chi connectivity index (χ2n) is 11.2. The molecule has 4 heteroatoms. The molecule has 5 fully saturated rings. The van der Waals surface area contributed by atoms with Gasteiger partial charge in [0.15, 0.2) is 0 Å². The number of carbonyl (C=O) groups excluding carboxylic acids is 1. The first-order valence-corrected chi connectivity index (χ1v) is 11.4. The van der Waals surface area contributed by atoms with Gasteiger partial charge in [-0.2, -0.15) is 0 Å². The third kappa shape index (κ3) is 1.68. The van der Waals surface area contributed by atoms with E-state index in [9.17, 15) is 10.0 Å². The SMILES string of the molecule is C[C@]12CCC3C(CC4(CC4)C4=C/C(=N/O)CC[C@@H]43)C1C1CC1[C@@]21C=CC(=O)O1. The Balaban J connectivity index is 1.30. The van der Waals surface area contributed by atoms with Gasteiger partial charge in [-0.25, -0.2) is 4.79 Å². The van der Waals surface area contributed by atoms with Crippen LogP contribution in [0, 0.1) is 46.3 Å². The number of nitrogens with zero attached hydrogens (tertiary/aromatic N) is 1. The minimum Gasteiger partial charge on any atom is -0.451 e. The van der Waals surface area contributed by atoms with Crippen LogP contribution in [-0.2, 0) is 9.53 Å². The van der Waals surface area contributed by atoms with Crippen molar-refractivity contribution in [2.45, 2.75) is 63.9 Å². The van der Waals surface area contributed by atoms with Crippen molar-refractivity contribution in [3.8, 4) is 0 Å². The molecule has 1 heterocycles. The molecule has 8 atom stereocenters. The van der Waals surface area contributed by atoms with Gasteiger partial charge in [-0.3, -0.25) is 0 Å². The Morgan fingerprint density at radius 1 is 1.18 bits per heavy atom. The molecule has 5 saturated carbocycles. The molecular weight excluding hydrogens is 350 g/mol. The molecule has 0 saturated heterocycles. The first-order valence-electron chi connectivity index (χ1n) is 11.4. The van der Waals surface area contributed by atoms with E-state index in [4.69, 9.17) is 4.74 Å². The number of fused-ring (bicyclic) bond motifs is 10. The molecule has 2 spiro atoms. The van der Waals surface area contributed by atoms with Crippen molar-refractivity contribution in [2.75, 3.05) is 0 Å². The Hall–Kier alpha value is -1.58. The van der Waals surface area contributed by atoms with Crippen LogP contribution in [0.4, 0.5) is 0 Å². The lowest BCUT2D eigenvalue weighted by Crippen LogP contribution is -2.55. The van der Waals surface area contributed by atoms with Crippen LogP contribution in [0.2, 0.25) is 0 Å². The van der Waals surface area contributed by atoms with Gasteiger partial charge in [0.25, 0.3) is 0 Å². The normalized spacial score (nSPS) is 55.4. The number of carbonyl (C=O) groups is 1. The van der Waals surface area contributed by atoms with Crippen LogP contribution in [0.1, 0.15) is 58.3 Å². The molecule has 0 aromatic rings. The molecule has 0 amide bonds. The van der Waals surface area contributed by atoms with E-state index in [2.05, 4.69) is 24.2 Å². The average molecular weight is 380 g/mol.